The number of hydrogen-bond acceptors (Lipinski definition) is 6. The summed E-state index contributed by atoms with van der Waals surface area (Å²) < 4.78 is 33.2. The summed E-state index contributed by atoms with van der Waals surface area (Å²) in [6.07, 6.45) is 5.69. The summed E-state index contributed by atoms with van der Waals surface area (Å²) in [5.41, 5.74) is 0.982. The van der Waals surface area contributed by atoms with Crippen LogP contribution in [0, 0.1) is 0 Å². The van der Waals surface area contributed by atoms with Gasteiger partial charge in [0.2, 0.25) is 10.0 Å². The highest BCUT2D eigenvalue weighted by atomic mass is 32.2. The van der Waals surface area contributed by atoms with Crippen LogP contribution in [0.15, 0.2) is 43.0 Å². The molecule has 3 rings (SSSR count). The average molecular weight is 408 g/mol. The van der Waals surface area contributed by atoms with Gasteiger partial charge in [-0.25, -0.2) is 8.42 Å². The SMILES string of the molecule is C=CCN1CCN(S(=O)(=O)[C@H]2CON(C)[C@@H]2/C=C/c2ccc(OC)cc2)CC1. The molecule has 1 aromatic carbocycles. The van der Waals surface area contributed by atoms with E-state index in [9.17, 15) is 8.42 Å². The number of hydrogen-bond donors (Lipinski definition) is 0. The summed E-state index contributed by atoms with van der Waals surface area (Å²) >= 11 is 0. The van der Waals surface area contributed by atoms with E-state index in [1.54, 1.807) is 23.5 Å². The van der Waals surface area contributed by atoms with Crippen LogP contribution in [0.2, 0.25) is 0 Å². The first kappa shape index (κ1) is 21.0. The fraction of sp³-hybridized carbons (Fsp3) is 0.500. The van der Waals surface area contributed by atoms with Gasteiger partial charge in [-0.05, 0) is 17.7 Å². The van der Waals surface area contributed by atoms with Gasteiger partial charge in [-0.1, -0.05) is 30.4 Å². The molecule has 2 atom stereocenters. The fourth-order valence-corrected chi connectivity index (χ4v) is 5.49. The molecule has 0 aliphatic carbocycles. The van der Waals surface area contributed by atoms with Crippen molar-refractivity contribution in [3.8, 4) is 5.75 Å². The molecule has 0 amide bonds. The number of sulfonamides is 1. The molecule has 2 saturated heterocycles. The molecular weight excluding hydrogens is 378 g/mol. The van der Waals surface area contributed by atoms with Crippen LogP contribution in [0.3, 0.4) is 0 Å². The predicted octanol–water partition coefficient (Wildman–Crippen LogP) is 1.46. The number of methoxy groups -OCH3 is 1. The van der Waals surface area contributed by atoms with Crippen molar-refractivity contribution in [1.82, 2.24) is 14.3 Å². The van der Waals surface area contributed by atoms with E-state index in [-0.39, 0.29) is 12.6 Å². The molecule has 0 spiro atoms. The highest BCUT2D eigenvalue weighted by molar-refractivity contribution is 7.89. The second-order valence-corrected chi connectivity index (χ2v) is 9.19. The molecule has 0 radical (unpaired) electrons. The summed E-state index contributed by atoms with van der Waals surface area (Å²) in [7, 11) is -0.0487. The quantitative estimate of drug-likeness (QED) is 0.638. The molecular formula is C20H29N3O4S. The van der Waals surface area contributed by atoms with Gasteiger partial charge in [-0.3, -0.25) is 9.74 Å². The Balaban J connectivity index is 1.71. The minimum Gasteiger partial charge on any atom is -0.497 e. The molecule has 7 nitrogen and oxygen atoms in total. The highest BCUT2D eigenvalue weighted by Gasteiger charge is 2.44. The molecule has 2 aliphatic heterocycles. The van der Waals surface area contributed by atoms with Crippen LogP contribution >= 0.6 is 0 Å². The Bertz CT molecular complexity index is 786. The number of rotatable bonds is 7. The lowest BCUT2D eigenvalue weighted by Gasteiger charge is -2.35. The highest BCUT2D eigenvalue weighted by Crippen LogP contribution is 2.26. The number of hydroxylamine groups is 2. The van der Waals surface area contributed by atoms with Crippen molar-refractivity contribution in [2.75, 3.05) is 53.5 Å². The van der Waals surface area contributed by atoms with Gasteiger partial charge in [0.15, 0.2) is 0 Å². The Morgan fingerprint density at radius 2 is 1.89 bits per heavy atom. The van der Waals surface area contributed by atoms with E-state index >= 15 is 0 Å². The third kappa shape index (κ3) is 4.64. The van der Waals surface area contributed by atoms with Gasteiger partial charge >= 0.3 is 0 Å². The normalized spacial score (nSPS) is 25.4. The predicted molar refractivity (Wildman–Crippen MR) is 110 cm³/mol. The van der Waals surface area contributed by atoms with Crippen LogP contribution in [0.5, 0.6) is 5.75 Å². The molecule has 2 aliphatic rings. The van der Waals surface area contributed by atoms with E-state index < -0.39 is 15.3 Å². The lowest BCUT2D eigenvalue weighted by molar-refractivity contribution is -0.100. The van der Waals surface area contributed by atoms with Crippen molar-refractivity contribution in [1.29, 1.82) is 0 Å². The lowest BCUT2D eigenvalue weighted by Crippen LogP contribution is -2.53. The summed E-state index contributed by atoms with van der Waals surface area (Å²) in [5, 5.41) is 1.02. The van der Waals surface area contributed by atoms with E-state index in [2.05, 4.69) is 11.5 Å². The Hall–Kier alpha value is -1.71. The molecule has 0 N–H and O–H groups in total. The van der Waals surface area contributed by atoms with Crippen LogP contribution < -0.4 is 4.74 Å². The van der Waals surface area contributed by atoms with Crippen molar-refractivity contribution in [2.24, 2.45) is 0 Å². The minimum absolute atomic E-state index is 0.170. The molecule has 0 unspecified atom stereocenters. The summed E-state index contributed by atoms with van der Waals surface area (Å²) in [6, 6.07) is 7.30. The molecule has 0 aromatic heterocycles. The Morgan fingerprint density at radius 1 is 1.21 bits per heavy atom. The first-order chi connectivity index (χ1) is 13.5. The molecule has 8 heteroatoms. The number of nitrogens with zero attached hydrogens (tertiary/aromatic N) is 3. The largest absolute Gasteiger partial charge is 0.497 e. The maximum absolute atomic E-state index is 13.2. The number of likely N-dealkylation sites (N-methyl/N-ethyl adjacent to an activating group) is 1. The molecule has 2 heterocycles. The maximum atomic E-state index is 13.2. The van der Waals surface area contributed by atoms with Gasteiger partial charge in [-0.2, -0.15) is 9.37 Å². The van der Waals surface area contributed by atoms with Crippen molar-refractivity contribution >= 4 is 16.1 Å². The van der Waals surface area contributed by atoms with Crippen LogP contribution in [-0.2, 0) is 14.9 Å². The van der Waals surface area contributed by atoms with Crippen molar-refractivity contribution < 1.29 is 18.0 Å². The zero-order chi connectivity index (χ0) is 20.1. The molecule has 1 aromatic rings. The van der Waals surface area contributed by atoms with Gasteiger partial charge in [0, 0.05) is 39.8 Å². The second-order valence-electron chi connectivity index (χ2n) is 7.04. The Morgan fingerprint density at radius 3 is 2.50 bits per heavy atom. The number of piperazine rings is 1. The van der Waals surface area contributed by atoms with Gasteiger partial charge < -0.3 is 4.74 Å². The lowest BCUT2D eigenvalue weighted by atomic mass is 10.1. The number of benzene rings is 1. The van der Waals surface area contributed by atoms with Gasteiger partial charge in [0.25, 0.3) is 0 Å². The van der Waals surface area contributed by atoms with Crippen molar-refractivity contribution in [2.45, 2.75) is 11.3 Å². The summed E-state index contributed by atoms with van der Waals surface area (Å²) in [4.78, 5) is 7.78. The molecule has 154 valence electrons. The summed E-state index contributed by atoms with van der Waals surface area (Å²) in [5.74, 6) is 0.787. The first-order valence-electron chi connectivity index (χ1n) is 9.46. The minimum atomic E-state index is -3.45. The van der Waals surface area contributed by atoms with E-state index in [1.807, 2.05) is 42.5 Å². The van der Waals surface area contributed by atoms with E-state index in [0.29, 0.717) is 13.1 Å². The van der Waals surface area contributed by atoms with Crippen molar-refractivity contribution in [3.63, 3.8) is 0 Å². The van der Waals surface area contributed by atoms with Crippen LogP contribution in [0.25, 0.3) is 6.08 Å². The third-order valence-electron chi connectivity index (χ3n) is 5.31. The third-order valence-corrected chi connectivity index (χ3v) is 7.57. The smallest absolute Gasteiger partial charge is 0.221 e. The number of ether oxygens (including phenoxy) is 1. The van der Waals surface area contributed by atoms with E-state index in [0.717, 1.165) is 30.9 Å². The molecule has 2 fully saturated rings. The van der Waals surface area contributed by atoms with Gasteiger partial charge in [0.1, 0.15) is 11.0 Å². The zero-order valence-corrected chi connectivity index (χ0v) is 17.3. The fourth-order valence-electron chi connectivity index (χ4n) is 3.58. The van der Waals surface area contributed by atoms with E-state index in [1.165, 1.54) is 0 Å². The summed E-state index contributed by atoms with van der Waals surface area (Å²) in [6.45, 7) is 7.16. The molecule has 0 saturated carbocycles. The first-order valence-corrected chi connectivity index (χ1v) is 11.0. The maximum Gasteiger partial charge on any atom is 0.221 e. The van der Waals surface area contributed by atoms with Crippen LogP contribution in [0.4, 0.5) is 0 Å². The second kappa shape index (κ2) is 9.19. The zero-order valence-electron chi connectivity index (χ0n) is 16.5. The Kier molecular flexibility index (Phi) is 6.90. The van der Waals surface area contributed by atoms with Crippen LogP contribution in [0.1, 0.15) is 5.56 Å². The van der Waals surface area contributed by atoms with Gasteiger partial charge in [-0.15, -0.1) is 6.58 Å². The molecule has 28 heavy (non-hydrogen) atoms. The van der Waals surface area contributed by atoms with Crippen molar-refractivity contribution in [3.05, 3.63) is 48.6 Å². The molecule has 0 bridgehead atoms. The Labute approximate surface area is 167 Å². The monoisotopic (exact) mass is 407 g/mol. The van der Waals surface area contributed by atoms with Crippen LogP contribution in [-0.4, -0.2) is 87.5 Å². The average Bonchev–Trinajstić information content (AvgIpc) is 3.09. The van der Waals surface area contributed by atoms with E-state index in [4.69, 9.17) is 9.57 Å². The standard InChI is InChI=1S/C20H29N3O4S/c1-4-11-22-12-14-23(15-13-22)28(24,25)20-16-27-21(2)19(20)10-7-17-5-8-18(26-3)9-6-17/h4-10,19-20H,1,11-16H2,2-3H3/b10-7+/t19-,20+/m1/s1. The topological polar surface area (TPSA) is 62.3 Å². The van der Waals surface area contributed by atoms with Gasteiger partial charge in [0.05, 0.1) is 19.8 Å².